The molecule has 2 amide bonds. The highest BCUT2D eigenvalue weighted by Crippen LogP contribution is 2.15. The summed E-state index contributed by atoms with van der Waals surface area (Å²) in [7, 11) is 0. The third kappa shape index (κ3) is 4.45. The van der Waals surface area contributed by atoms with Crippen molar-refractivity contribution in [1.29, 1.82) is 0 Å². The number of ether oxygens (including phenoxy) is 1. The minimum atomic E-state index is -0.254. The summed E-state index contributed by atoms with van der Waals surface area (Å²) in [4.78, 5) is 18.6. The van der Waals surface area contributed by atoms with Crippen molar-refractivity contribution in [3.63, 3.8) is 0 Å². The number of amides is 2. The predicted molar refractivity (Wildman–Crippen MR) is 91.1 cm³/mol. The summed E-state index contributed by atoms with van der Waals surface area (Å²) in [5, 5.41) is 9.80. The number of nitrogens with zero attached hydrogens (tertiary/aromatic N) is 4. The first kappa shape index (κ1) is 16.3. The fourth-order valence-corrected chi connectivity index (χ4v) is 2.57. The lowest BCUT2D eigenvalue weighted by molar-refractivity contribution is 0.122. The van der Waals surface area contributed by atoms with Gasteiger partial charge in [0, 0.05) is 31.5 Å². The van der Waals surface area contributed by atoms with E-state index in [1.54, 1.807) is 17.1 Å². The average molecular weight is 330 g/mol. The van der Waals surface area contributed by atoms with Crippen LogP contribution >= 0.6 is 0 Å². The topological polar surface area (TPSA) is 84.3 Å². The quantitative estimate of drug-likeness (QED) is 0.864. The Labute approximate surface area is 140 Å². The Kier molecular flexibility index (Phi) is 5.27. The van der Waals surface area contributed by atoms with Crippen LogP contribution in [0.4, 0.5) is 16.3 Å². The molecule has 2 aromatic heterocycles. The Morgan fingerprint density at radius 3 is 2.88 bits per heavy atom. The van der Waals surface area contributed by atoms with Crippen LogP contribution < -0.4 is 15.5 Å². The maximum absolute atomic E-state index is 12.0. The van der Waals surface area contributed by atoms with Crippen LogP contribution in [0.25, 0.3) is 0 Å². The Bertz CT molecular complexity index is 637. The molecule has 24 heavy (non-hydrogen) atoms. The highest BCUT2D eigenvalue weighted by atomic mass is 16.5. The molecule has 0 radical (unpaired) electrons. The van der Waals surface area contributed by atoms with Crippen LogP contribution in [0, 0.1) is 0 Å². The monoisotopic (exact) mass is 330 g/mol. The molecule has 1 fully saturated rings. The second-order valence-electron chi connectivity index (χ2n) is 5.73. The number of urea groups is 1. The molecule has 1 aliphatic rings. The molecular formula is C16H22N6O2. The number of nitrogens with one attached hydrogen (secondary N) is 2. The van der Waals surface area contributed by atoms with E-state index in [-0.39, 0.29) is 12.1 Å². The Balaban J connectivity index is 1.48. The summed E-state index contributed by atoms with van der Waals surface area (Å²) >= 11 is 0. The number of aromatic nitrogens is 3. The Morgan fingerprint density at radius 2 is 2.21 bits per heavy atom. The van der Waals surface area contributed by atoms with E-state index in [1.807, 2.05) is 31.3 Å². The molecule has 0 spiro atoms. The molecule has 3 rings (SSSR count). The fraction of sp³-hybridized carbons (Fsp3) is 0.438. The summed E-state index contributed by atoms with van der Waals surface area (Å²) in [6, 6.07) is 5.33. The highest BCUT2D eigenvalue weighted by molar-refractivity contribution is 5.89. The van der Waals surface area contributed by atoms with Crippen molar-refractivity contribution in [2.24, 2.45) is 0 Å². The van der Waals surface area contributed by atoms with Gasteiger partial charge in [-0.05, 0) is 25.1 Å². The molecule has 0 saturated carbocycles. The first-order valence-corrected chi connectivity index (χ1v) is 8.04. The van der Waals surface area contributed by atoms with Gasteiger partial charge in [-0.1, -0.05) is 0 Å². The van der Waals surface area contributed by atoms with Crippen LogP contribution in [-0.4, -0.2) is 53.1 Å². The molecule has 2 aromatic rings. The van der Waals surface area contributed by atoms with Gasteiger partial charge in [0.2, 0.25) is 0 Å². The number of morpholine rings is 1. The van der Waals surface area contributed by atoms with Crippen LogP contribution in [0.2, 0.25) is 0 Å². The van der Waals surface area contributed by atoms with Gasteiger partial charge in [-0.3, -0.25) is 4.68 Å². The number of carbonyl (C=O) groups excluding carboxylic acids is 1. The lowest BCUT2D eigenvalue weighted by atomic mass is 10.3. The van der Waals surface area contributed by atoms with Gasteiger partial charge >= 0.3 is 6.03 Å². The van der Waals surface area contributed by atoms with Gasteiger partial charge in [0.15, 0.2) is 0 Å². The third-order valence-corrected chi connectivity index (χ3v) is 3.74. The Morgan fingerprint density at radius 1 is 1.38 bits per heavy atom. The summed E-state index contributed by atoms with van der Waals surface area (Å²) in [6.45, 7) is 5.67. The van der Waals surface area contributed by atoms with Gasteiger partial charge in [-0.25, -0.2) is 9.78 Å². The number of carbonyl (C=O) groups is 1. The maximum atomic E-state index is 12.0. The van der Waals surface area contributed by atoms with Gasteiger partial charge in [0.05, 0.1) is 31.6 Å². The number of rotatable bonds is 5. The molecule has 0 aromatic carbocycles. The van der Waals surface area contributed by atoms with Crippen LogP contribution in [0.3, 0.4) is 0 Å². The van der Waals surface area contributed by atoms with E-state index >= 15 is 0 Å². The van der Waals surface area contributed by atoms with Gasteiger partial charge in [-0.15, -0.1) is 0 Å². The number of hydrogen-bond acceptors (Lipinski definition) is 5. The van der Waals surface area contributed by atoms with Crippen LogP contribution in [0.1, 0.15) is 6.92 Å². The second kappa shape index (κ2) is 7.78. The molecule has 3 heterocycles. The van der Waals surface area contributed by atoms with Crippen molar-refractivity contribution >= 4 is 17.5 Å². The zero-order valence-corrected chi connectivity index (χ0v) is 13.7. The first-order valence-electron chi connectivity index (χ1n) is 8.04. The summed E-state index contributed by atoms with van der Waals surface area (Å²) in [5.41, 5.74) is 0.663. The molecule has 1 unspecified atom stereocenters. The lowest BCUT2D eigenvalue weighted by Crippen LogP contribution is -2.38. The van der Waals surface area contributed by atoms with E-state index in [0.717, 1.165) is 32.1 Å². The molecule has 0 bridgehead atoms. The molecule has 2 N–H and O–H groups in total. The van der Waals surface area contributed by atoms with E-state index in [9.17, 15) is 4.79 Å². The smallest absolute Gasteiger partial charge is 0.319 e. The van der Waals surface area contributed by atoms with Crippen molar-refractivity contribution < 1.29 is 9.53 Å². The first-order chi connectivity index (χ1) is 11.7. The van der Waals surface area contributed by atoms with E-state index in [1.165, 1.54) is 0 Å². The van der Waals surface area contributed by atoms with Crippen LogP contribution in [0.5, 0.6) is 0 Å². The van der Waals surface area contributed by atoms with Crippen molar-refractivity contribution in [3.8, 4) is 0 Å². The number of pyridine rings is 1. The molecule has 8 heteroatoms. The molecule has 8 nitrogen and oxygen atoms in total. The van der Waals surface area contributed by atoms with Crippen molar-refractivity contribution in [2.75, 3.05) is 36.5 Å². The molecular weight excluding hydrogens is 308 g/mol. The van der Waals surface area contributed by atoms with Crippen LogP contribution in [-0.2, 0) is 11.3 Å². The van der Waals surface area contributed by atoms with Gasteiger partial charge in [-0.2, -0.15) is 5.10 Å². The normalized spacial score (nSPS) is 15.8. The maximum Gasteiger partial charge on any atom is 0.319 e. The largest absolute Gasteiger partial charge is 0.378 e. The van der Waals surface area contributed by atoms with E-state index in [4.69, 9.17) is 4.74 Å². The molecule has 1 atom stereocenters. The standard InChI is InChI=1S/C16H22N6O2/c1-13(12-22-6-2-5-18-22)19-16(23)20-14-3-4-15(17-11-14)21-7-9-24-10-8-21/h2-6,11,13H,7-10,12H2,1H3,(H2,19,20,23). The number of anilines is 2. The lowest BCUT2D eigenvalue weighted by Gasteiger charge is -2.27. The zero-order valence-electron chi connectivity index (χ0n) is 13.7. The van der Waals surface area contributed by atoms with Crippen molar-refractivity contribution in [3.05, 3.63) is 36.8 Å². The second-order valence-corrected chi connectivity index (χ2v) is 5.73. The highest BCUT2D eigenvalue weighted by Gasteiger charge is 2.13. The summed E-state index contributed by atoms with van der Waals surface area (Å²) in [5.74, 6) is 0.899. The average Bonchev–Trinajstić information content (AvgIpc) is 3.09. The van der Waals surface area contributed by atoms with Crippen LogP contribution in [0.15, 0.2) is 36.8 Å². The minimum absolute atomic E-state index is 0.0366. The minimum Gasteiger partial charge on any atom is -0.378 e. The SMILES string of the molecule is CC(Cn1cccn1)NC(=O)Nc1ccc(N2CCOCC2)nc1. The van der Waals surface area contributed by atoms with E-state index < -0.39 is 0 Å². The molecule has 1 aliphatic heterocycles. The summed E-state index contributed by atoms with van der Waals surface area (Å²) in [6.07, 6.45) is 5.25. The Hall–Kier alpha value is -2.61. The van der Waals surface area contributed by atoms with Gasteiger partial charge in [0.25, 0.3) is 0 Å². The summed E-state index contributed by atoms with van der Waals surface area (Å²) < 4.78 is 7.11. The molecule has 1 saturated heterocycles. The zero-order chi connectivity index (χ0) is 16.8. The third-order valence-electron chi connectivity index (χ3n) is 3.74. The van der Waals surface area contributed by atoms with Crippen molar-refractivity contribution in [2.45, 2.75) is 19.5 Å². The number of hydrogen-bond donors (Lipinski definition) is 2. The van der Waals surface area contributed by atoms with E-state index in [0.29, 0.717) is 12.2 Å². The van der Waals surface area contributed by atoms with Gasteiger partial charge in [0.1, 0.15) is 5.82 Å². The molecule has 128 valence electrons. The van der Waals surface area contributed by atoms with E-state index in [2.05, 4.69) is 25.6 Å². The predicted octanol–water partition coefficient (Wildman–Crippen LogP) is 1.32. The molecule has 0 aliphatic carbocycles. The van der Waals surface area contributed by atoms with Crippen molar-refractivity contribution in [1.82, 2.24) is 20.1 Å². The van der Waals surface area contributed by atoms with Gasteiger partial charge < -0.3 is 20.3 Å². The fourth-order valence-electron chi connectivity index (χ4n) is 2.57.